The van der Waals surface area contributed by atoms with Crippen molar-refractivity contribution in [3.63, 3.8) is 0 Å². The number of benzene rings is 1. The lowest BCUT2D eigenvalue weighted by atomic mass is 10.3. The second-order valence-electron chi connectivity index (χ2n) is 5.46. The summed E-state index contributed by atoms with van der Waals surface area (Å²) in [5.74, 6) is 0.416. The molecular weight excluding hydrogens is 428 g/mol. The zero-order chi connectivity index (χ0) is 20.1. The lowest BCUT2D eigenvalue weighted by molar-refractivity contribution is 0.101. The van der Waals surface area contributed by atoms with Crippen LogP contribution in [0, 0.1) is 0 Å². The molecule has 0 aliphatic heterocycles. The first kappa shape index (κ1) is 19.4. The summed E-state index contributed by atoms with van der Waals surface area (Å²) in [6.45, 7) is 0. The third-order valence-electron chi connectivity index (χ3n) is 3.56. The highest BCUT2D eigenvalue weighted by atomic mass is 32.2. The molecule has 2 N–H and O–H groups in total. The fourth-order valence-corrected chi connectivity index (χ4v) is 4.45. The molecule has 8 nitrogen and oxygen atoms in total. The average Bonchev–Trinajstić information content (AvgIpc) is 3.43. The van der Waals surface area contributed by atoms with E-state index >= 15 is 0 Å². The number of nitrogens with one attached hydrogen (secondary N) is 2. The van der Waals surface area contributed by atoms with Crippen LogP contribution >= 0.6 is 34.9 Å². The maximum absolute atomic E-state index is 12.9. The van der Waals surface area contributed by atoms with Gasteiger partial charge >= 0.3 is 0 Å². The number of carbonyl (C=O) groups is 1. The van der Waals surface area contributed by atoms with Gasteiger partial charge in [-0.05, 0) is 42.1 Å². The van der Waals surface area contributed by atoms with E-state index in [1.54, 1.807) is 18.7 Å². The van der Waals surface area contributed by atoms with Crippen molar-refractivity contribution < 1.29 is 9.53 Å². The molecule has 0 aliphatic carbocycles. The molecule has 0 bridgehead atoms. The molecule has 3 heterocycles. The topological polar surface area (TPSA) is 106 Å². The van der Waals surface area contributed by atoms with Gasteiger partial charge in [-0.1, -0.05) is 17.8 Å². The van der Waals surface area contributed by atoms with E-state index in [0.717, 1.165) is 10.6 Å². The van der Waals surface area contributed by atoms with Crippen LogP contribution in [0.5, 0.6) is 5.75 Å². The summed E-state index contributed by atoms with van der Waals surface area (Å²) in [6, 6.07) is 11.3. The number of aromatic nitrogens is 5. The van der Waals surface area contributed by atoms with Gasteiger partial charge in [0.1, 0.15) is 22.8 Å². The maximum Gasteiger partial charge on any atom is 0.277 e. The molecule has 0 spiro atoms. The number of H-pyrrole nitrogens is 1. The van der Waals surface area contributed by atoms with Crippen molar-refractivity contribution in [1.29, 1.82) is 0 Å². The normalized spacial score (nSPS) is 10.7. The largest absolute Gasteiger partial charge is 0.497 e. The first-order valence-electron chi connectivity index (χ1n) is 8.28. The summed E-state index contributed by atoms with van der Waals surface area (Å²) >= 11 is 4.07. The molecule has 1 amide bonds. The van der Waals surface area contributed by atoms with Gasteiger partial charge in [0.2, 0.25) is 0 Å². The highest BCUT2D eigenvalue weighted by molar-refractivity contribution is 7.99. The van der Waals surface area contributed by atoms with Gasteiger partial charge in [0.05, 0.1) is 7.11 Å². The zero-order valence-electron chi connectivity index (χ0n) is 15.0. The summed E-state index contributed by atoms with van der Waals surface area (Å²) in [4.78, 5) is 27.3. The zero-order valence-corrected chi connectivity index (χ0v) is 17.5. The number of anilines is 1. The Kier molecular flexibility index (Phi) is 6.08. The van der Waals surface area contributed by atoms with Gasteiger partial charge in [-0.15, -0.1) is 11.3 Å². The fourth-order valence-electron chi connectivity index (χ4n) is 2.31. The van der Waals surface area contributed by atoms with Crippen molar-refractivity contribution in [3.8, 4) is 5.75 Å². The minimum atomic E-state index is -0.328. The van der Waals surface area contributed by atoms with E-state index in [4.69, 9.17) is 4.74 Å². The van der Waals surface area contributed by atoms with E-state index in [2.05, 4.69) is 30.5 Å². The van der Waals surface area contributed by atoms with Crippen LogP contribution in [0.3, 0.4) is 0 Å². The Hall–Kier alpha value is -2.89. The summed E-state index contributed by atoms with van der Waals surface area (Å²) in [7, 11) is 1.62. The average molecular weight is 443 g/mol. The summed E-state index contributed by atoms with van der Waals surface area (Å²) < 4.78 is 5.28. The third-order valence-corrected chi connectivity index (χ3v) is 6.12. The van der Waals surface area contributed by atoms with Crippen LogP contribution in [0.15, 0.2) is 74.3 Å². The van der Waals surface area contributed by atoms with Crippen LogP contribution in [0.4, 0.5) is 5.13 Å². The Bertz CT molecular complexity index is 1100. The smallest absolute Gasteiger partial charge is 0.277 e. The number of amides is 1. The molecular formula is C18H14N6O2S3. The summed E-state index contributed by atoms with van der Waals surface area (Å²) in [6.07, 6.45) is 3.06. The molecule has 4 rings (SSSR count). The van der Waals surface area contributed by atoms with Crippen molar-refractivity contribution in [3.05, 3.63) is 60.0 Å². The molecule has 146 valence electrons. The summed E-state index contributed by atoms with van der Waals surface area (Å²) in [5.41, 5.74) is 0.303. The van der Waals surface area contributed by atoms with E-state index in [1.165, 1.54) is 41.2 Å². The van der Waals surface area contributed by atoms with Crippen molar-refractivity contribution >= 4 is 45.9 Å². The van der Waals surface area contributed by atoms with Crippen molar-refractivity contribution in [1.82, 2.24) is 25.1 Å². The molecule has 0 atom stereocenters. The lowest BCUT2D eigenvalue weighted by Crippen LogP contribution is -2.15. The molecule has 0 fully saturated rings. The molecule has 0 saturated carbocycles. The predicted octanol–water partition coefficient (Wildman–Crippen LogP) is 4.22. The Balaban J connectivity index is 1.65. The minimum absolute atomic E-state index is 0.303. The number of pyridine rings is 1. The van der Waals surface area contributed by atoms with Crippen LogP contribution in [0.25, 0.3) is 0 Å². The van der Waals surface area contributed by atoms with Crippen LogP contribution in [0.2, 0.25) is 0 Å². The number of hydrogen-bond acceptors (Lipinski definition) is 9. The Morgan fingerprint density at radius 1 is 1.21 bits per heavy atom. The van der Waals surface area contributed by atoms with Gasteiger partial charge in [0.15, 0.2) is 10.3 Å². The van der Waals surface area contributed by atoms with E-state index in [9.17, 15) is 4.79 Å². The fraction of sp³-hybridized carbons (Fsp3) is 0.0556. The number of methoxy groups -OCH3 is 1. The molecule has 0 saturated heterocycles. The van der Waals surface area contributed by atoms with Crippen LogP contribution in [-0.4, -0.2) is 38.2 Å². The van der Waals surface area contributed by atoms with Gasteiger partial charge in [-0.25, -0.2) is 15.0 Å². The van der Waals surface area contributed by atoms with Crippen molar-refractivity contribution in [2.75, 3.05) is 12.4 Å². The van der Waals surface area contributed by atoms with E-state index in [1.807, 2.05) is 36.4 Å². The number of aromatic amines is 1. The number of hydrogen-bond donors (Lipinski definition) is 2. The molecule has 0 radical (unpaired) electrons. The van der Waals surface area contributed by atoms with Gasteiger partial charge in [0.25, 0.3) is 5.91 Å². The second-order valence-corrected chi connectivity index (χ2v) is 8.48. The molecule has 0 unspecified atom stereocenters. The molecule has 3 aromatic heterocycles. The van der Waals surface area contributed by atoms with E-state index in [0.29, 0.717) is 25.9 Å². The molecule has 1 aromatic carbocycles. The monoisotopic (exact) mass is 442 g/mol. The minimum Gasteiger partial charge on any atom is -0.497 e. The number of rotatable bonds is 7. The van der Waals surface area contributed by atoms with Gasteiger partial charge in [-0.2, -0.15) is 5.10 Å². The first-order valence-corrected chi connectivity index (χ1v) is 10.8. The van der Waals surface area contributed by atoms with Crippen LogP contribution in [-0.2, 0) is 0 Å². The molecule has 4 aromatic rings. The Morgan fingerprint density at radius 3 is 2.90 bits per heavy atom. The number of ether oxygens (including phenoxy) is 1. The SMILES string of the molecule is COc1cccc(Sc2ccc(Sc3ncn[nH]3)nc2C(=O)Nc2nccs2)c1. The maximum atomic E-state index is 12.9. The lowest BCUT2D eigenvalue weighted by Gasteiger charge is -2.10. The van der Waals surface area contributed by atoms with Crippen molar-refractivity contribution in [2.45, 2.75) is 20.0 Å². The van der Waals surface area contributed by atoms with Gasteiger partial charge < -0.3 is 4.74 Å². The standard InChI is InChI=1S/C18H14N6O2S3/c1-26-11-3-2-4-12(9-11)28-13-5-6-14(29-18-20-10-21-24-18)22-15(13)16(25)23-17-19-7-8-27-17/h2-10H,1H3,(H,19,23,25)(H,20,21,24). The third kappa shape index (κ3) is 4.94. The quantitative estimate of drug-likeness (QED) is 0.438. The van der Waals surface area contributed by atoms with E-state index < -0.39 is 0 Å². The number of carbonyl (C=O) groups excluding carboxylic acids is 1. The highest BCUT2D eigenvalue weighted by Gasteiger charge is 2.18. The van der Waals surface area contributed by atoms with E-state index in [-0.39, 0.29) is 5.91 Å². The van der Waals surface area contributed by atoms with Gasteiger partial charge in [-0.3, -0.25) is 15.2 Å². The molecule has 29 heavy (non-hydrogen) atoms. The highest BCUT2D eigenvalue weighted by Crippen LogP contribution is 2.34. The first-order chi connectivity index (χ1) is 14.2. The second kappa shape index (κ2) is 9.07. The Morgan fingerprint density at radius 2 is 2.14 bits per heavy atom. The molecule has 11 heteroatoms. The van der Waals surface area contributed by atoms with Crippen LogP contribution in [0.1, 0.15) is 10.5 Å². The van der Waals surface area contributed by atoms with Gasteiger partial charge in [0, 0.05) is 21.4 Å². The predicted molar refractivity (Wildman–Crippen MR) is 112 cm³/mol. The molecule has 0 aliphatic rings. The summed E-state index contributed by atoms with van der Waals surface area (Å²) in [5, 5.41) is 12.9. The number of nitrogens with zero attached hydrogens (tertiary/aromatic N) is 4. The number of thiazole rings is 1. The Labute approximate surface area is 178 Å². The van der Waals surface area contributed by atoms with Crippen molar-refractivity contribution in [2.24, 2.45) is 0 Å². The van der Waals surface area contributed by atoms with Crippen LogP contribution < -0.4 is 10.1 Å².